The van der Waals surface area contributed by atoms with Gasteiger partial charge in [0.25, 0.3) is 5.91 Å². The Morgan fingerprint density at radius 2 is 1.64 bits per heavy atom. The van der Waals surface area contributed by atoms with Crippen LogP contribution in [0.2, 0.25) is 0 Å². The number of anilines is 1. The van der Waals surface area contributed by atoms with Gasteiger partial charge in [-0.2, -0.15) is 0 Å². The summed E-state index contributed by atoms with van der Waals surface area (Å²) in [7, 11) is 0. The molecule has 1 saturated heterocycles. The molecule has 0 saturated carbocycles. The summed E-state index contributed by atoms with van der Waals surface area (Å²) in [6.07, 6.45) is 3.13. The standard InChI is InChI=1S/C31H37N7O4/c1-2-41-28(39)22-33-31(40)30-34-27-15-14-26(35-38(27)36-30)32-18-9-19-37-20-16-25(17-21-37)42-29(23-10-5-3-6-11-23)24-12-7-4-8-13-24/h3-8,10-15,25,29H,2,9,16-22H2,1H3,(H,32,35)(H,33,40). The maximum Gasteiger partial charge on any atom is 0.325 e. The average molecular weight is 572 g/mol. The topological polar surface area (TPSA) is 123 Å². The van der Waals surface area contributed by atoms with Crippen molar-refractivity contribution in [2.45, 2.75) is 38.4 Å². The highest BCUT2D eigenvalue weighted by Crippen LogP contribution is 2.30. The van der Waals surface area contributed by atoms with E-state index in [-0.39, 0.29) is 31.2 Å². The number of nitrogens with one attached hydrogen (secondary N) is 2. The first kappa shape index (κ1) is 29.2. The molecule has 4 aromatic rings. The molecule has 0 bridgehead atoms. The first-order valence-electron chi connectivity index (χ1n) is 14.5. The lowest BCUT2D eigenvalue weighted by atomic mass is 10.00. The Labute approximate surface area is 245 Å². The van der Waals surface area contributed by atoms with Crippen LogP contribution in [-0.4, -0.2) is 82.0 Å². The number of amides is 1. The molecule has 0 spiro atoms. The summed E-state index contributed by atoms with van der Waals surface area (Å²) in [5, 5.41) is 14.3. The molecule has 11 heteroatoms. The summed E-state index contributed by atoms with van der Waals surface area (Å²) in [5.41, 5.74) is 2.81. The van der Waals surface area contributed by atoms with Crippen LogP contribution in [0.4, 0.5) is 5.82 Å². The minimum Gasteiger partial charge on any atom is -0.465 e. The van der Waals surface area contributed by atoms with Crippen LogP contribution >= 0.6 is 0 Å². The predicted octanol–water partition coefficient (Wildman–Crippen LogP) is 3.49. The second kappa shape index (κ2) is 14.5. The van der Waals surface area contributed by atoms with Gasteiger partial charge in [0, 0.05) is 19.6 Å². The van der Waals surface area contributed by atoms with Gasteiger partial charge in [-0.3, -0.25) is 9.59 Å². The molecule has 2 aromatic heterocycles. The van der Waals surface area contributed by atoms with Gasteiger partial charge in [-0.25, -0.2) is 4.98 Å². The molecule has 1 amide bonds. The van der Waals surface area contributed by atoms with Crippen molar-refractivity contribution in [1.82, 2.24) is 30.0 Å². The van der Waals surface area contributed by atoms with E-state index in [1.807, 2.05) is 18.2 Å². The van der Waals surface area contributed by atoms with Crippen LogP contribution in [-0.2, 0) is 14.3 Å². The van der Waals surface area contributed by atoms with Crippen molar-refractivity contribution >= 4 is 23.3 Å². The van der Waals surface area contributed by atoms with E-state index in [1.54, 1.807) is 13.0 Å². The molecule has 0 atom stereocenters. The molecule has 42 heavy (non-hydrogen) atoms. The van der Waals surface area contributed by atoms with Gasteiger partial charge in [-0.05, 0) is 56.0 Å². The van der Waals surface area contributed by atoms with Gasteiger partial charge >= 0.3 is 5.97 Å². The number of piperidine rings is 1. The summed E-state index contributed by atoms with van der Waals surface area (Å²) >= 11 is 0. The number of aromatic nitrogens is 4. The lowest BCUT2D eigenvalue weighted by Gasteiger charge is -2.34. The number of esters is 1. The van der Waals surface area contributed by atoms with E-state index < -0.39 is 11.9 Å². The first-order chi connectivity index (χ1) is 20.6. The average Bonchev–Trinajstić information content (AvgIpc) is 3.46. The summed E-state index contributed by atoms with van der Waals surface area (Å²) in [6.45, 7) is 5.45. The Kier molecular flexibility index (Phi) is 10.1. The van der Waals surface area contributed by atoms with Crippen LogP contribution in [0.1, 0.15) is 54.0 Å². The Bertz CT molecular complexity index is 1400. The van der Waals surface area contributed by atoms with Crippen molar-refractivity contribution in [3.05, 3.63) is 89.7 Å². The van der Waals surface area contributed by atoms with E-state index in [1.165, 1.54) is 15.8 Å². The van der Waals surface area contributed by atoms with Gasteiger partial charge in [0.15, 0.2) is 5.65 Å². The third kappa shape index (κ3) is 7.89. The van der Waals surface area contributed by atoms with Gasteiger partial charge in [0.1, 0.15) is 18.5 Å². The number of hydrogen-bond donors (Lipinski definition) is 2. The number of carbonyl (C=O) groups is 2. The Balaban J connectivity index is 1.05. The number of nitrogens with zero attached hydrogens (tertiary/aromatic N) is 5. The van der Waals surface area contributed by atoms with Gasteiger partial charge in [-0.15, -0.1) is 14.8 Å². The molecule has 220 valence electrons. The van der Waals surface area contributed by atoms with Crippen LogP contribution in [0, 0.1) is 0 Å². The van der Waals surface area contributed by atoms with E-state index in [0.29, 0.717) is 11.5 Å². The maximum atomic E-state index is 12.3. The fraction of sp³-hybridized carbons (Fsp3) is 0.387. The highest BCUT2D eigenvalue weighted by molar-refractivity contribution is 5.93. The van der Waals surface area contributed by atoms with Crippen LogP contribution in [0.5, 0.6) is 0 Å². The van der Waals surface area contributed by atoms with Crippen LogP contribution < -0.4 is 10.6 Å². The van der Waals surface area contributed by atoms with Crippen LogP contribution in [0.3, 0.4) is 0 Å². The molecule has 2 aromatic carbocycles. The highest BCUT2D eigenvalue weighted by Gasteiger charge is 2.24. The van der Waals surface area contributed by atoms with Gasteiger partial charge in [-0.1, -0.05) is 60.7 Å². The summed E-state index contributed by atoms with van der Waals surface area (Å²) in [5.74, 6) is -0.495. The molecular weight excluding hydrogens is 534 g/mol. The molecule has 1 fully saturated rings. The van der Waals surface area contributed by atoms with Crippen molar-refractivity contribution in [3.8, 4) is 0 Å². The van der Waals surface area contributed by atoms with Crippen molar-refractivity contribution in [1.29, 1.82) is 0 Å². The number of fused-ring (bicyclic) bond motifs is 1. The zero-order chi connectivity index (χ0) is 29.1. The second-order valence-corrected chi connectivity index (χ2v) is 10.1. The monoisotopic (exact) mass is 571 g/mol. The molecular formula is C31H37N7O4. The normalized spacial score (nSPS) is 14.2. The largest absolute Gasteiger partial charge is 0.465 e. The molecule has 0 unspecified atom stereocenters. The summed E-state index contributed by atoms with van der Waals surface area (Å²) in [4.78, 5) is 30.4. The molecule has 3 heterocycles. The molecule has 2 N–H and O–H groups in total. The lowest BCUT2D eigenvalue weighted by Crippen LogP contribution is -2.38. The molecule has 1 aliphatic heterocycles. The van der Waals surface area contributed by atoms with Crippen molar-refractivity contribution < 1.29 is 19.1 Å². The number of ether oxygens (including phenoxy) is 2. The minimum absolute atomic E-state index is 0.0574. The van der Waals surface area contributed by atoms with Gasteiger partial charge in [0.05, 0.1) is 12.7 Å². The number of likely N-dealkylation sites (tertiary alicyclic amines) is 1. The van der Waals surface area contributed by atoms with Crippen LogP contribution in [0.25, 0.3) is 5.65 Å². The molecule has 0 radical (unpaired) electrons. The highest BCUT2D eigenvalue weighted by atomic mass is 16.5. The van der Waals surface area contributed by atoms with E-state index in [9.17, 15) is 9.59 Å². The predicted molar refractivity (Wildman–Crippen MR) is 158 cm³/mol. The Morgan fingerprint density at radius 1 is 0.952 bits per heavy atom. The number of hydrogen-bond acceptors (Lipinski definition) is 9. The zero-order valence-electron chi connectivity index (χ0n) is 23.8. The Hall–Kier alpha value is -4.35. The van der Waals surface area contributed by atoms with E-state index in [4.69, 9.17) is 9.47 Å². The number of carbonyl (C=O) groups excluding carboxylic acids is 2. The van der Waals surface area contributed by atoms with Crippen LogP contribution in [0.15, 0.2) is 72.8 Å². The van der Waals surface area contributed by atoms with Gasteiger partial charge < -0.3 is 25.0 Å². The minimum atomic E-state index is -0.562. The van der Waals surface area contributed by atoms with Crippen molar-refractivity contribution in [2.24, 2.45) is 0 Å². The smallest absolute Gasteiger partial charge is 0.325 e. The Morgan fingerprint density at radius 3 is 2.31 bits per heavy atom. The van der Waals surface area contributed by atoms with E-state index in [0.717, 1.165) is 45.4 Å². The fourth-order valence-electron chi connectivity index (χ4n) is 5.00. The summed E-state index contributed by atoms with van der Waals surface area (Å²) in [6, 6.07) is 24.4. The zero-order valence-corrected chi connectivity index (χ0v) is 23.8. The molecule has 0 aliphatic carbocycles. The quantitative estimate of drug-likeness (QED) is 0.183. The van der Waals surface area contributed by atoms with Crippen molar-refractivity contribution in [3.63, 3.8) is 0 Å². The second-order valence-electron chi connectivity index (χ2n) is 10.1. The van der Waals surface area contributed by atoms with Gasteiger partial charge in [0.2, 0.25) is 5.82 Å². The third-order valence-corrected chi connectivity index (χ3v) is 7.13. The molecule has 1 aliphatic rings. The fourth-order valence-corrected chi connectivity index (χ4v) is 5.00. The third-order valence-electron chi connectivity index (χ3n) is 7.13. The maximum absolute atomic E-state index is 12.3. The number of rotatable bonds is 13. The summed E-state index contributed by atoms with van der Waals surface area (Å²) < 4.78 is 12.8. The lowest BCUT2D eigenvalue weighted by molar-refractivity contribution is -0.141. The number of benzene rings is 2. The first-order valence-corrected chi connectivity index (χ1v) is 14.5. The molecule has 5 rings (SSSR count). The van der Waals surface area contributed by atoms with Crippen molar-refractivity contribution in [2.75, 3.05) is 44.6 Å². The SMILES string of the molecule is CCOC(=O)CNC(=O)c1nc2ccc(NCCCN3CCC(OC(c4ccccc4)c4ccccc4)CC3)nn2n1. The van der Waals surface area contributed by atoms with E-state index >= 15 is 0 Å². The van der Waals surface area contributed by atoms with E-state index in [2.05, 4.69) is 79.2 Å². The molecule has 11 nitrogen and oxygen atoms in total.